The van der Waals surface area contributed by atoms with Crippen molar-refractivity contribution in [2.45, 2.75) is 37.4 Å². The number of hydrogen-bond donors (Lipinski definition) is 2. The number of hydrogen-bond acceptors (Lipinski definition) is 5. The summed E-state index contributed by atoms with van der Waals surface area (Å²) in [6.45, 7) is 1.91. The first-order valence-corrected chi connectivity index (χ1v) is 8.30. The van der Waals surface area contributed by atoms with E-state index >= 15 is 0 Å². The Morgan fingerprint density at radius 2 is 2.00 bits per heavy atom. The van der Waals surface area contributed by atoms with E-state index in [0.717, 1.165) is 18.3 Å². The second kappa shape index (κ2) is 7.79. The molecule has 1 rings (SSSR count). The lowest BCUT2D eigenvalue weighted by Crippen LogP contribution is -2.41. The number of sulfonamides is 1. The highest BCUT2D eigenvalue weighted by Crippen LogP contribution is 2.18. The summed E-state index contributed by atoms with van der Waals surface area (Å²) < 4.78 is 66.7. The fourth-order valence-corrected chi connectivity index (χ4v) is 2.84. The third-order valence-electron chi connectivity index (χ3n) is 2.71. The number of rotatable bonds is 8. The molecular formula is C13H17F3N2O5S. The quantitative estimate of drug-likeness (QED) is 0.723. The lowest BCUT2D eigenvalue weighted by atomic mass is 10.1. The van der Waals surface area contributed by atoms with E-state index in [4.69, 9.17) is 5.11 Å². The minimum absolute atomic E-state index is 0.0648. The van der Waals surface area contributed by atoms with Gasteiger partial charge in [0.1, 0.15) is 10.9 Å². The van der Waals surface area contributed by atoms with Crippen LogP contribution in [0.1, 0.15) is 20.3 Å². The van der Waals surface area contributed by atoms with Gasteiger partial charge in [0, 0.05) is 6.07 Å². The first-order chi connectivity index (χ1) is 10.9. The number of ether oxygens (including phenoxy) is 1. The molecule has 0 bridgehead atoms. The van der Waals surface area contributed by atoms with Crippen LogP contribution < -0.4 is 9.46 Å². The van der Waals surface area contributed by atoms with Gasteiger partial charge in [-0.3, -0.25) is 4.79 Å². The van der Waals surface area contributed by atoms with Crippen LogP contribution in [0.25, 0.3) is 0 Å². The van der Waals surface area contributed by atoms with E-state index in [-0.39, 0.29) is 17.2 Å². The van der Waals surface area contributed by atoms with Crippen LogP contribution in [0.5, 0.6) is 5.88 Å². The topological polar surface area (TPSA) is 106 Å². The average molecular weight is 370 g/mol. The van der Waals surface area contributed by atoms with Gasteiger partial charge in [0.2, 0.25) is 15.9 Å². The molecular weight excluding hydrogens is 353 g/mol. The molecule has 2 N–H and O–H groups in total. The highest BCUT2D eigenvalue weighted by molar-refractivity contribution is 7.89. The van der Waals surface area contributed by atoms with Crippen molar-refractivity contribution in [2.75, 3.05) is 6.61 Å². The molecule has 0 amide bonds. The maximum Gasteiger partial charge on any atom is 0.422 e. The summed E-state index contributed by atoms with van der Waals surface area (Å²) in [7, 11) is -4.18. The molecule has 136 valence electrons. The Kier molecular flexibility index (Phi) is 6.55. The Morgan fingerprint density at radius 1 is 1.38 bits per heavy atom. The third-order valence-corrected chi connectivity index (χ3v) is 4.16. The zero-order chi connectivity index (χ0) is 18.5. The molecule has 0 saturated heterocycles. The SMILES string of the molecule is CC(C)C[C@@H](NS(=O)(=O)c1ccc(OCC(F)(F)F)nc1)C(=O)O. The Hall–Kier alpha value is -1.88. The Morgan fingerprint density at radius 3 is 2.42 bits per heavy atom. The van der Waals surface area contributed by atoms with Crippen LogP contribution in [0.2, 0.25) is 0 Å². The minimum Gasteiger partial charge on any atom is -0.480 e. The van der Waals surface area contributed by atoms with Crippen LogP contribution in [-0.2, 0) is 14.8 Å². The molecule has 11 heteroatoms. The maximum atomic E-state index is 12.1. The summed E-state index contributed by atoms with van der Waals surface area (Å²) in [6.07, 6.45) is -3.67. The summed E-state index contributed by atoms with van der Waals surface area (Å²) in [5.41, 5.74) is 0. The van der Waals surface area contributed by atoms with E-state index in [1.165, 1.54) is 0 Å². The molecule has 1 aromatic heterocycles. The minimum atomic E-state index is -4.54. The number of nitrogens with one attached hydrogen (secondary N) is 1. The molecule has 0 aromatic carbocycles. The summed E-state index contributed by atoms with van der Waals surface area (Å²) in [6, 6.07) is 0.615. The summed E-state index contributed by atoms with van der Waals surface area (Å²) in [5, 5.41) is 9.05. The maximum absolute atomic E-state index is 12.1. The van der Waals surface area contributed by atoms with Gasteiger partial charge in [-0.25, -0.2) is 13.4 Å². The molecule has 0 saturated carbocycles. The zero-order valence-electron chi connectivity index (χ0n) is 12.9. The van der Waals surface area contributed by atoms with Crippen LogP contribution in [0.3, 0.4) is 0 Å². The predicted octanol–water partition coefficient (Wildman–Crippen LogP) is 1.80. The smallest absolute Gasteiger partial charge is 0.422 e. The van der Waals surface area contributed by atoms with E-state index in [0.29, 0.717) is 0 Å². The van der Waals surface area contributed by atoms with Crippen molar-refractivity contribution in [1.29, 1.82) is 0 Å². The number of aliphatic carboxylic acids is 1. The van der Waals surface area contributed by atoms with E-state index < -0.39 is 40.7 Å². The lowest BCUT2D eigenvalue weighted by molar-refractivity contribution is -0.154. The number of carboxylic acids is 1. The van der Waals surface area contributed by atoms with Crippen molar-refractivity contribution in [3.05, 3.63) is 18.3 Å². The number of aromatic nitrogens is 1. The van der Waals surface area contributed by atoms with Crippen LogP contribution in [-0.4, -0.2) is 43.3 Å². The highest BCUT2D eigenvalue weighted by atomic mass is 32.2. The van der Waals surface area contributed by atoms with Gasteiger partial charge < -0.3 is 9.84 Å². The molecule has 0 fully saturated rings. The lowest BCUT2D eigenvalue weighted by Gasteiger charge is -2.16. The van der Waals surface area contributed by atoms with Gasteiger partial charge in [0.15, 0.2) is 6.61 Å². The number of halogens is 3. The molecule has 0 aliphatic heterocycles. The number of carboxylic acid groups (broad SMARTS) is 1. The van der Waals surface area contributed by atoms with E-state index in [1.807, 2.05) is 4.72 Å². The first-order valence-electron chi connectivity index (χ1n) is 6.81. The fourth-order valence-electron chi connectivity index (χ4n) is 1.69. The van der Waals surface area contributed by atoms with E-state index in [1.54, 1.807) is 13.8 Å². The Bertz CT molecular complexity index is 659. The molecule has 0 unspecified atom stereocenters. The van der Waals surface area contributed by atoms with Gasteiger partial charge in [0.25, 0.3) is 0 Å². The molecule has 0 radical (unpaired) electrons. The van der Waals surface area contributed by atoms with Crippen molar-refractivity contribution in [2.24, 2.45) is 5.92 Å². The Labute approximate surface area is 136 Å². The summed E-state index contributed by atoms with van der Waals surface area (Å²) in [4.78, 5) is 14.2. The van der Waals surface area contributed by atoms with Crippen LogP contribution >= 0.6 is 0 Å². The second-order valence-corrected chi connectivity index (χ2v) is 7.09. The number of pyridine rings is 1. The molecule has 0 aliphatic carbocycles. The third kappa shape index (κ3) is 6.71. The molecule has 1 heterocycles. The van der Waals surface area contributed by atoms with Gasteiger partial charge >= 0.3 is 12.1 Å². The Balaban J connectivity index is 2.85. The first kappa shape index (κ1) is 20.2. The van der Waals surface area contributed by atoms with Crippen molar-refractivity contribution < 1.29 is 36.2 Å². The monoisotopic (exact) mass is 370 g/mol. The van der Waals surface area contributed by atoms with Gasteiger partial charge in [-0.1, -0.05) is 13.8 Å². The van der Waals surface area contributed by atoms with E-state index in [2.05, 4.69) is 9.72 Å². The second-order valence-electron chi connectivity index (χ2n) is 5.38. The van der Waals surface area contributed by atoms with Gasteiger partial charge in [-0.15, -0.1) is 0 Å². The number of alkyl halides is 3. The van der Waals surface area contributed by atoms with Crippen LogP contribution in [0, 0.1) is 5.92 Å². The standard InChI is InChI=1S/C13H17F3N2O5S/c1-8(2)5-10(12(19)20)18-24(21,22)9-3-4-11(17-6-9)23-7-13(14,15)16/h3-4,6,8,10,18H,5,7H2,1-2H3,(H,19,20)/t10-/m1/s1. The number of carbonyl (C=O) groups is 1. The van der Waals surface area contributed by atoms with Crippen LogP contribution in [0.15, 0.2) is 23.2 Å². The number of nitrogens with zero attached hydrogens (tertiary/aromatic N) is 1. The molecule has 24 heavy (non-hydrogen) atoms. The van der Waals surface area contributed by atoms with Crippen molar-refractivity contribution in [3.8, 4) is 5.88 Å². The van der Waals surface area contributed by atoms with Crippen molar-refractivity contribution in [3.63, 3.8) is 0 Å². The molecule has 7 nitrogen and oxygen atoms in total. The van der Waals surface area contributed by atoms with Gasteiger partial charge in [0.05, 0.1) is 6.20 Å². The molecule has 0 aliphatic rings. The summed E-state index contributed by atoms with van der Waals surface area (Å²) in [5.74, 6) is -1.79. The summed E-state index contributed by atoms with van der Waals surface area (Å²) >= 11 is 0. The van der Waals surface area contributed by atoms with Crippen molar-refractivity contribution in [1.82, 2.24) is 9.71 Å². The normalized spacial score (nSPS) is 13.8. The molecule has 1 aromatic rings. The highest BCUT2D eigenvalue weighted by Gasteiger charge is 2.29. The van der Waals surface area contributed by atoms with E-state index in [9.17, 15) is 26.4 Å². The zero-order valence-corrected chi connectivity index (χ0v) is 13.7. The largest absolute Gasteiger partial charge is 0.480 e. The average Bonchev–Trinajstić information content (AvgIpc) is 2.43. The fraction of sp³-hybridized carbons (Fsp3) is 0.538. The van der Waals surface area contributed by atoms with Gasteiger partial charge in [-0.2, -0.15) is 17.9 Å². The van der Waals surface area contributed by atoms with Crippen molar-refractivity contribution >= 4 is 16.0 Å². The van der Waals surface area contributed by atoms with Gasteiger partial charge in [-0.05, 0) is 18.4 Å². The molecule has 0 spiro atoms. The predicted molar refractivity (Wildman–Crippen MR) is 77.0 cm³/mol. The molecule has 1 atom stereocenters. The van der Waals surface area contributed by atoms with Crippen LogP contribution in [0.4, 0.5) is 13.2 Å².